The number of methoxy groups -OCH3 is 1. The molecule has 1 heterocycles. The first-order chi connectivity index (χ1) is 9.19. The van der Waals surface area contributed by atoms with Crippen molar-refractivity contribution in [3.05, 3.63) is 58.9 Å². The van der Waals surface area contributed by atoms with Gasteiger partial charge in [-0.25, -0.2) is 4.79 Å². The van der Waals surface area contributed by atoms with Crippen molar-refractivity contribution in [3.8, 4) is 5.75 Å². The van der Waals surface area contributed by atoms with Gasteiger partial charge in [0, 0.05) is 11.2 Å². The molecular formula is C14H12ClNO3. The molecule has 0 saturated carbocycles. The van der Waals surface area contributed by atoms with Crippen LogP contribution in [0.1, 0.15) is 16.1 Å². The highest BCUT2D eigenvalue weighted by atomic mass is 35.5. The van der Waals surface area contributed by atoms with Gasteiger partial charge in [-0.1, -0.05) is 17.7 Å². The number of hydrogen-bond acceptors (Lipinski definition) is 4. The molecule has 2 rings (SSSR count). The number of pyridine rings is 1. The molecule has 19 heavy (non-hydrogen) atoms. The number of hydrogen-bond donors (Lipinski definition) is 0. The van der Waals surface area contributed by atoms with Gasteiger partial charge >= 0.3 is 5.97 Å². The summed E-state index contributed by atoms with van der Waals surface area (Å²) in [5.41, 5.74) is 1.13. The van der Waals surface area contributed by atoms with E-state index in [4.69, 9.17) is 16.3 Å². The Kier molecular flexibility index (Phi) is 4.36. The van der Waals surface area contributed by atoms with E-state index in [1.807, 2.05) is 12.1 Å². The SMILES string of the molecule is COC(=O)c1ccc(COc2cccc(Cl)c2)nc1. The predicted octanol–water partition coefficient (Wildman–Crippen LogP) is 3.10. The van der Waals surface area contributed by atoms with Gasteiger partial charge in [-0.05, 0) is 30.3 Å². The van der Waals surface area contributed by atoms with Gasteiger partial charge in [0.15, 0.2) is 0 Å². The molecule has 0 atom stereocenters. The third-order valence-corrected chi connectivity index (χ3v) is 2.66. The van der Waals surface area contributed by atoms with Crippen LogP contribution < -0.4 is 4.74 Å². The number of halogens is 1. The van der Waals surface area contributed by atoms with Crippen molar-refractivity contribution < 1.29 is 14.3 Å². The lowest BCUT2D eigenvalue weighted by Gasteiger charge is -2.06. The number of esters is 1. The molecule has 0 amide bonds. The first-order valence-corrected chi connectivity index (χ1v) is 5.98. The van der Waals surface area contributed by atoms with Crippen molar-refractivity contribution in [2.45, 2.75) is 6.61 Å². The number of ether oxygens (including phenoxy) is 2. The highest BCUT2D eigenvalue weighted by Crippen LogP contribution is 2.18. The number of benzene rings is 1. The van der Waals surface area contributed by atoms with Crippen LogP contribution in [0.2, 0.25) is 5.02 Å². The summed E-state index contributed by atoms with van der Waals surface area (Å²) in [6.07, 6.45) is 1.46. The van der Waals surface area contributed by atoms with Crippen LogP contribution in [0.25, 0.3) is 0 Å². The second-order valence-electron chi connectivity index (χ2n) is 3.78. The predicted molar refractivity (Wildman–Crippen MR) is 71.4 cm³/mol. The molecule has 0 fully saturated rings. The Hall–Kier alpha value is -2.07. The zero-order chi connectivity index (χ0) is 13.7. The Labute approximate surface area is 115 Å². The minimum absolute atomic E-state index is 0.307. The van der Waals surface area contributed by atoms with Crippen molar-refractivity contribution in [3.63, 3.8) is 0 Å². The summed E-state index contributed by atoms with van der Waals surface area (Å²) < 4.78 is 10.1. The molecule has 0 spiro atoms. The van der Waals surface area contributed by atoms with Crippen molar-refractivity contribution in [1.82, 2.24) is 4.98 Å². The molecule has 0 aliphatic heterocycles. The van der Waals surface area contributed by atoms with Crippen LogP contribution in [0.15, 0.2) is 42.6 Å². The first kappa shape index (κ1) is 13.4. The molecule has 4 nitrogen and oxygen atoms in total. The molecule has 2 aromatic rings. The van der Waals surface area contributed by atoms with Gasteiger partial charge in [-0.2, -0.15) is 0 Å². The summed E-state index contributed by atoms with van der Waals surface area (Å²) in [4.78, 5) is 15.4. The summed E-state index contributed by atoms with van der Waals surface area (Å²) in [6.45, 7) is 0.307. The van der Waals surface area contributed by atoms with Gasteiger partial charge in [0.05, 0.1) is 18.4 Å². The Bertz CT molecular complexity index is 569. The Balaban J connectivity index is 1.98. The van der Waals surface area contributed by atoms with E-state index in [-0.39, 0.29) is 0 Å². The fraction of sp³-hybridized carbons (Fsp3) is 0.143. The Morgan fingerprint density at radius 2 is 2.16 bits per heavy atom. The molecule has 0 unspecified atom stereocenters. The maximum Gasteiger partial charge on any atom is 0.339 e. The normalized spacial score (nSPS) is 10.0. The Morgan fingerprint density at radius 1 is 1.32 bits per heavy atom. The molecule has 1 aromatic carbocycles. The van der Waals surface area contributed by atoms with E-state index in [1.165, 1.54) is 13.3 Å². The summed E-state index contributed by atoms with van der Waals surface area (Å²) in [7, 11) is 1.33. The number of aromatic nitrogens is 1. The van der Waals surface area contributed by atoms with Crippen LogP contribution in [0.3, 0.4) is 0 Å². The standard InChI is InChI=1S/C14H12ClNO3/c1-18-14(17)10-5-6-12(16-8-10)9-19-13-4-2-3-11(15)7-13/h2-8H,9H2,1H3. The van der Waals surface area contributed by atoms with Gasteiger partial charge < -0.3 is 9.47 Å². The molecular weight excluding hydrogens is 266 g/mol. The van der Waals surface area contributed by atoms with Gasteiger partial charge in [0.1, 0.15) is 12.4 Å². The fourth-order valence-corrected chi connectivity index (χ4v) is 1.64. The molecule has 5 heteroatoms. The van der Waals surface area contributed by atoms with E-state index in [0.29, 0.717) is 28.6 Å². The minimum atomic E-state index is -0.408. The fourth-order valence-electron chi connectivity index (χ4n) is 1.46. The van der Waals surface area contributed by atoms with Crippen LogP contribution in [0.4, 0.5) is 0 Å². The first-order valence-electron chi connectivity index (χ1n) is 5.60. The average Bonchev–Trinajstić information content (AvgIpc) is 2.45. The number of carbonyl (C=O) groups is 1. The van der Waals surface area contributed by atoms with Crippen LogP contribution in [0.5, 0.6) is 5.75 Å². The van der Waals surface area contributed by atoms with Crippen LogP contribution >= 0.6 is 11.6 Å². The lowest BCUT2D eigenvalue weighted by molar-refractivity contribution is 0.0600. The molecule has 0 bridgehead atoms. The van der Waals surface area contributed by atoms with Crippen molar-refractivity contribution in [1.29, 1.82) is 0 Å². The van der Waals surface area contributed by atoms with E-state index in [0.717, 1.165) is 0 Å². The van der Waals surface area contributed by atoms with E-state index in [1.54, 1.807) is 24.3 Å². The average molecular weight is 278 g/mol. The van der Waals surface area contributed by atoms with Gasteiger partial charge in [0.2, 0.25) is 0 Å². The second kappa shape index (κ2) is 6.20. The summed E-state index contributed by atoms with van der Waals surface area (Å²) >= 11 is 5.85. The topological polar surface area (TPSA) is 48.4 Å². The molecule has 0 aliphatic carbocycles. The van der Waals surface area contributed by atoms with Crippen LogP contribution in [0, 0.1) is 0 Å². The largest absolute Gasteiger partial charge is 0.487 e. The van der Waals surface area contributed by atoms with Crippen molar-refractivity contribution in [2.75, 3.05) is 7.11 Å². The number of carbonyl (C=O) groups excluding carboxylic acids is 1. The summed E-state index contributed by atoms with van der Waals surface area (Å²) in [5.74, 6) is 0.265. The van der Waals surface area contributed by atoms with Crippen LogP contribution in [-0.4, -0.2) is 18.1 Å². The molecule has 98 valence electrons. The smallest absolute Gasteiger partial charge is 0.339 e. The van der Waals surface area contributed by atoms with Gasteiger partial charge in [-0.15, -0.1) is 0 Å². The maximum absolute atomic E-state index is 11.2. The second-order valence-corrected chi connectivity index (χ2v) is 4.21. The molecule has 0 aliphatic rings. The van der Waals surface area contributed by atoms with Crippen LogP contribution in [-0.2, 0) is 11.3 Å². The molecule has 1 aromatic heterocycles. The van der Waals surface area contributed by atoms with Crippen molar-refractivity contribution in [2.24, 2.45) is 0 Å². The quantitative estimate of drug-likeness (QED) is 0.806. The summed E-state index contributed by atoms with van der Waals surface area (Å²) in [5, 5.41) is 0.617. The van der Waals surface area contributed by atoms with Crippen molar-refractivity contribution >= 4 is 17.6 Å². The third-order valence-electron chi connectivity index (χ3n) is 2.43. The monoisotopic (exact) mass is 277 g/mol. The molecule has 0 radical (unpaired) electrons. The summed E-state index contributed by atoms with van der Waals surface area (Å²) in [6, 6.07) is 10.5. The highest BCUT2D eigenvalue weighted by molar-refractivity contribution is 6.30. The molecule has 0 saturated heterocycles. The Morgan fingerprint density at radius 3 is 2.79 bits per heavy atom. The zero-order valence-corrected chi connectivity index (χ0v) is 11.1. The van der Waals surface area contributed by atoms with Gasteiger partial charge in [-0.3, -0.25) is 4.98 Å². The zero-order valence-electron chi connectivity index (χ0n) is 10.3. The highest BCUT2D eigenvalue weighted by Gasteiger charge is 2.05. The molecule has 0 N–H and O–H groups in total. The number of rotatable bonds is 4. The van der Waals surface area contributed by atoms with E-state index >= 15 is 0 Å². The number of nitrogens with zero attached hydrogens (tertiary/aromatic N) is 1. The van der Waals surface area contributed by atoms with E-state index in [2.05, 4.69) is 9.72 Å². The van der Waals surface area contributed by atoms with E-state index < -0.39 is 5.97 Å². The maximum atomic E-state index is 11.2. The lowest BCUT2D eigenvalue weighted by Crippen LogP contribution is -2.04. The third kappa shape index (κ3) is 3.69. The van der Waals surface area contributed by atoms with E-state index in [9.17, 15) is 4.79 Å². The minimum Gasteiger partial charge on any atom is -0.487 e. The van der Waals surface area contributed by atoms with Gasteiger partial charge in [0.25, 0.3) is 0 Å². The lowest BCUT2D eigenvalue weighted by atomic mass is 10.2.